The van der Waals surface area contributed by atoms with Crippen LogP contribution in [0.2, 0.25) is 0 Å². The molecular weight excluding hydrogens is 302 g/mol. The van der Waals surface area contributed by atoms with Gasteiger partial charge in [-0.15, -0.1) is 12.4 Å². The SMILES string of the molecule is Cl.NCCCS(=O)(=O)c1cccc(Br)c1. The Kier molecular flexibility index (Phi) is 6.43. The van der Waals surface area contributed by atoms with Crippen molar-refractivity contribution in [3.8, 4) is 0 Å². The number of hydrogen-bond acceptors (Lipinski definition) is 3. The summed E-state index contributed by atoms with van der Waals surface area (Å²) in [6, 6.07) is 6.70. The number of hydrogen-bond donors (Lipinski definition) is 1. The summed E-state index contributed by atoms with van der Waals surface area (Å²) in [5.41, 5.74) is 5.27. The molecular formula is C9H13BrClNO2S. The molecule has 1 aromatic rings. The highest BCUT2D eigenvalue weighted by Gasteiger charge is 2.13. The van der Waals surface area contributed by atoms with Gasteiger partial charge in [0.1, 0.15) is 0 Å². The van der Waals surface area contributed by atoms with Crippen LogP contribution in [-0.4, -0.2) is 20.7 Å². The molecule has 0 bridgehead atoms. The summed E-state index contributed by atoms with van der Waals surface area (Å²) >= 11 is 3.23. The van der Waals surface area contributed by atoms with Crippen LogP contribution in [0.5, 0.6) is 0 Å². The third kappa shape index (κ3) is 4.51. The van der Waals surface area contributed by atoms with Crippen LogP contribution in [0.4, 0.5) is 0 Å². The quantitative estimate of drug-likeness (QED) is 0.924. The Morgan fingerprint density at radius 3 is 2.53 bits per heavy atom. The topological polar surface area (TPSA) is 60.2 Å². The van der Waals surface area contributed by atoms with Gasteiger partial charge in [0.15, 0.2) is 9.84 Å². The van der Waals surface area contributed by atoms with Crippen molar-refractivity contribution in [2.45, 2.75) is 11.3 Å². The van der Waals surface area contributed by atoms with Crippen molar-refractivity contribution in [2.75, 3.05) is 12.3 Å². The highest BCUT2D eigenvalue weighted by Crippen LogP contribution is 2.17. The van der Waals surface area contributed by atoms with Crippen LogP contribution in [0.3, 0.4) is 0 Å². The standard InChI is InChI=1S/C9H12BrNO2S.ClH/c10-8-3-1-4-9(7-8)14(12,13)6-2-5-11;/h1,3-4,7H,2,5-6,11H2;1H. The van der Waals surface area contributed by atoms with Crippen molar-refractivity contribution in [3.05, 3.63) is 28.7 Å². The average molecular weight is 315 g/mol. The molecule has 0 saturated heterocycles. The minimum absolute atomic E-state index is 0. The molecule has 2 N–H and O–H groups in total. The second-order valence-electron chi connectivity index (χ2n) is 2.92. The molecule has 1 rings (SSSR count). The highest BCUT2D eigenvalue weighted by molar-refractivity contribution is 9.10. The van der Waals surface area contributed by atoms with E-state index in [4.69, 9.17) is 5.73 Å². The van der Waals surface area contributed by atoms with Crippen LogP contribution < -0.4 is 5.73 Å². The van der Waals surface area contributed by atoms with Crippen molar-refractivity contribution in [1.29, 1.82) is 0 Å². The minimum atomic E-state index is -3.15. The van der Waals surface area contributed by atoms with E-state index >= 15 is 0 Å². The predicted molar refractivity (Wildman–Crippen MR) is 67.1 cm³/mol. The third-order valence-electron chi connectivity index (χ3n) is 1.77. The molecule has 1 aromatic carbocycles. The fourth-order valence-electron chi connectivity index (χ4n) is 1.05. The number of rotatable bonds is 4. The Labute approximate surface area is 105 Å². The van der Waals surface area contributed by atoms with Gasteiger partial charge in [-0.05, 0) is 31.2 Å². The van der Waals surface area contributed by atoms with E-state index in [2.05, 4.69) is 15.9 Å². The zero-order valence-corrected chi connectivity index (χ0v) is 11.2. The predicted octanol–water partition coefficient (Wildman–Crippen LogP) is 1.99. The summed E-state index contributed by atoms with van der Waals surface area (Å²) in [4.78, 5) is 0.348. The second-order valence-corrected chi connectivity index (χ2v) is 5.94. The molecule has 3 nitrogen and oxygen atoms in total. The van der Waals surface area contributed by atoms with Gasteiger partial charge < -0.3 is 5.73 Å². The van der Waals surface area contributed by atoms with Gasteiger partial charge in [0, 0.05) is 4.47 Å². The van der Waals surface area contributed by atoms with E-state index < -0.39 is 9.84 Å². The van der Waals surface area contributed by atoms with Crippen LogP contribution in [0.25, 0.3) is 0 Å². The molecule has 0 unspecified atom stereocenters. The smallest absolute Gasteiger partial charge is 0.178 e. The van der Waals surface area contributed by atoms with E-state index in [1.165, 1.54) is 0 Å². The van der Waals surface area contributed by atoms with Gasteiger partial charge in [-0.2, -0.15) is 0 Å². The van der Waals surface area contributed by atoms with Crippen LogP contribution in [0.1, 0.15) is 6.42 Å². The monoisotopic (exact) mass is 313 g/mol. The first-order valence-corrected chi connectivity index (χ1v) is 6.69. The summed E-state index contributed by atoms with van der Waals surface area (Å²) in [6.45, 7) is 0.396. The summed E-state index contributed by atoms with van der Waals surface area (Å²) in [7, 11) is -3.15. The second kappa shape index (κ2) is 6.48. The van der Waals surface area contributed by atoms with E-state index in [1.807, 2.05) is 0 Å². The normalized spacial score (nSPS) is 10.8. The summed E-state index contributed by atoms with van der Waals surface area (Å²) in [5.74, 6) is 0.111. The van der Waals surface area contributed by atoms with Crippen molar-refractivity contribution >= 4 is 38.2 Å². The Morgan fingerprint density at radius 2 is 2.00 bits per heavy atom. The van der Waals surface area contributed by atoms with Gasteiger partial charge in [0.2, 0.25) is 0 Å². The fraction of sp³-hybridized carbons (Fsp3) is 0.333. The largest absolute Gasteiger partial charge is 0.330 e. The lowest BCUT2D eigenvalue weighted by Gasteiger charge is -2.03. The summed E-state index contributed by atoms with van der Waals surface area (Å²) < 4.78 is 24.1. The zero-order valence-electron chi connectivity index (χ0n) is 8.02. The van der Waals surface area contributed by atoms with Crippen molar-refractivity contribution in [3.63, 3.8) is 0 Å². The molecule has 86 valence electrons. The first-order chi connectivity index (χ1) is 6.56. The molecule has 0 spiro atoms. The first-order valence-electron chi connectivity index (χ1n) is 4.24. The molecule has 0 aromatic heterocycles. The molecule has 0 aliphatic carbocycles. The zero-order chi connectivity index (χ0) is 10.6. The Morgan fingerprint density at radius 1 is 1.33 bits per heavy atom. The lowest BCUT2D eigenvalue weighted by atomic mass is 10.4. The number of nitrogens with two attached hydrogens (primary N) is 1. The number of sulfone groups is 1. The van der Waals surface area contributed by atoms with Crippen LogP contribution >= 0.6 is 28.3 Å². The van der Waals surface area contributed by atoms with E-state index in [9.17, 15) is 8.42 Å². The van der Waals surface area contributed by atoms with Gasteiger partial charge in [-0.25, -0.2) is 8.42 Å². The van der Waals surface area contributed by atoms with Gasteiger partial charge in [-0.3, -0.25) is 0 Å². The lowest BCUT2D eigenvalue weighted by Crippen LogP contribution is -2.11. The Hall–Kier alpha value is -0.100. The fourth-order valence-corrected chi connectivity index (χ4v) is 2.98. The number of benzene rings is 1. The molecule has 0 aliphatic heterocycles. The molecule has 0 fully saturated rings. The maximum atomic E-state index is 11.7. The molecule has 15 heavy (non-hydrogen) atoms. The van der Waals surface area contributed by atoms with E-state index in [0.29, 0.717) is 17.9 Å². The van der Waals surface area contributed by atoms with Gasteiger partial charge in [0.05, 0.1) is 10.6 Å². The Bertz CT molecular complexity index is 408. The average Bonchev–Trinajstić information content (AvgIpc) is 2.15. The molecule has 0 saturated carbocycles. The minimum Gasteiger partial charge on any atom is -0.330 e. The lowest BCUT2D eigenvalue weighted by molar-refractivity contribution is 0.593. The van der Waals surface area contributed by atoms with E-state index in [0.717, 1.165) is 4.47 Å². The van der Waals surface area contributed by atoms with Crippen LogP contribution in [-0.2, 0) is 9.84 Å². The van der Waals surface area contributed by atoms with E-state index in [1.54, 1.807) is 24.3 Å². The molecule has 0 atom stereocenters. The highest BCUT2D eigenvalue weighted by atomic mass is 79.9. The van der Waals surface area contributed by atoms with Gasteiger partial charge in [-0.1, -0.05) is 22.0 Å². The molecule has 6 heteroatoms. The molecule has 0 aliphatic rings. The van der Waals surface area contributed by atoms with Gasteiger partial charge >= 0.3 is 0 Å². The van der Waals surface area contributed by atoms with Crippen LogP contribution in [0.15, 0.2) is 33.6 Å². The first kappa shape index (κ1) is 14.9. The van der Waals surface area contributed by atoms with E-state index in [-0.39, 0.29) is 18.2 Å². The number of halogens is 2. The molecule has 0 radical (unpaired) electrons. The molecule has 0 amide bonds. The maximum absolute atomic E-state index is 11.7. The maximum Gasteiger partial charge on any atom is 0.178 e. The molecule has 0 heterocycles. The Balaban J connectivity index is 0.00000196. The van der Waals surface area contributed by atoms with Gasteiger partial charge in [0.25, 0.3) is 0 Å². The third-order valence-corrected chi connectivity index (χ3v) is 4.06. The van der Waals surface area contributed by atoms with Crippen molar-refractivity contribution in [2.24, 2.45) is 5.73 Å². The summed E-state index contributed by atoms with van der Waals surface area (Å²) in [5, 5.41) is 0. The van der Waals surface area contributed by atoms with Crippen molar-refractivity contribution in [1.82, 2.24) is 0 Å². The van der Waals surface area contributed by atoms with Crippen molar-refractivity contribution < 1.29 is 8.42 Å². The van der Waals surface area contributed by atoms with Crippen LogP contribution in [0, 0.1) is 0 Å². The summed E-state index contributed by atoms with van der Waals surface area (Å²) in [6.07, 6.45) is 0.495.